The van der Waals surface area contributed by atoms with Crippen LogP contribution >= 0.6 is 15.9 Å². The molecule has 0 amide bonds. The van der Waals surface area contributed by atoms with E-state index in [2.05, 4.69) is 30.8 Å². The second-order valence-corrected chi connectivity index (χ2v) is 4.38. The van der Waals surface area contributed by atoms with Crippen LogP contribution in [0.4, 0.5) is 5.82 Å². The Bertz CT molecular complexity index is 333. The Morgan fingerprint density at radius 1 is 1.38 bits per heavy atom. The molecule has 0 saturated carbocycles. The smallest absolute Gasteiger partial charge is 0.150 e. The van der Waals surface area contributed by atoms with Crippen molar-refractivity contribution in [1.82, 2.24) is 9.97 Å². The molecule has 0 aliphatic heterocycles. The Balaban J connectivity index is 2.85. The summed E-state index contributed by atoms with van der Waals surface area (Å²) in [7, 11) is 1.71. The highest BCUT2D eigenvalue weighted by molar-refractivity contribution is 9.09. The summed E-state index contributed by atoms with van der Waals surface area (Å²) in [6.07, 6.45) is 1.79. The summed E-state index contributed by atoms with van der Waals surface area (Å²) in [5.74, 6) is 0.955. The second-order valence-electron chi connectivity index (χ2n) is 3.59. The Morgan fingerprint density at radius 2 is 2.12 bits per heavy atom. The second kappa shape index (κ2) is 6.81. The minimum atomic E-state index is 0.696. The molecule has 1 aromatic rings. The predicted octanol–water partition coefficient (Wildman–Crippen LogP) is 1.94. The summed E-state index contributed by atoms with van der Waals surface area (Å²) in [6.45, 7) is 6.37. The highest BCUT2D eigenvalue weighted by atomic mass is 79.9. The zero-order valence-electron chi connectivity index (χ0n) is 10.0. The van der Waals surface area contributed by atoms with Crippen molar-refractivity contribution in [2.24, 2.45) is 0 Å². The molecule has 0 aromatic carbocycles. The molecule has 1 rings (SSSR count). The normalized spacial score (nSPS) is 10.5. The lowest BCUT2D eigenvalue weighted by atomic mass is 10.3. The van der Waals surface area contributed by atoms with E-state index in [9.17, 15) is 0 Å². The number of methoxy groups -OCH3 is 1. The Morgan fingerprint density at radius 3 is 2.75 bits per heavy atom. The fraction of sp³-hybridized carbons (Fsp3) is 0.636. The van der Waals surface area contributed by atoms with Gasteiger partial charge in [0.2, 0.25) is 0 Å². The van der Waals surface area contributed by atoms with E-state index in [1.54, 1.807) is 13.3 Å². The van der Waals surface area contributed by atoms with Gasteiger partial charge in [0.05, 0.1) is 18.0 Å². The molecular formula is C11H18BrN3O. The number of anilines is 1. The summed E-state index contributed by atoms with van der Waals surface area (Å²) in [6, 6.07) is 0. The largest absolute Gasteiger partial charge is 0.383 e. The Labute approximate surface area is 105 Å². The van der Waals surface area contributed by atoms with Crippen LogP contribution < -0.4 is 4.90 Å². The number of alkyl halides is 1. The quantitative estimate of drug-likeness (QED) is 0.750. The van der Waals surface area contributed by atoms with Gasteiger partial charge in [-0.25, -0.2) is 4.98 Å². The molecule has 0 saturated heterocycles. The lowest BCUT2D eigenvalue weighted by Gasteiger charge is -2.23. The number of hydrogen-bond donors (Lipinski definition) is 0. The summed E-state index contributed by atoms with van der Waals surface area (Å²) in [4.78, 5) is 11.0. The lowest BCUT2D eigenvalue weighted by Crippen LogP contribution is -2.31. The minimum absolute atomic E-state index is 0.696. The molecule has 0 N–H and O–H groups in total. The van der Waals surface area contributed by atoms with Crippen molar-refractivity contribution < 1.29 is 4.74 Å². The molecule has 0 bridgehead atoms. The monoisotopic (exact) mass is 287 g/mol. The van der Waals surface area contributed by atoms with Gasteiger partial charge in [0, 0.05) is 31.7 Å². The molecule has 16 heavy (non-hydrogen) atoms. The molecular weight excluding hydrogens is 270 g/mol. The SMILES string of the molecule is COCCN(CCBr)c1nc(C)cnc1C. The van der Waals surface area contributed by atoms with Crippen LogP contribution in [0.3, 0.4) is 0 Å². The van der Waals surface area contributed by atoms with Crippen LogP contribution in [0.1, 0.15) is 11.4 Å². The molecule has 0 aliphatic carbocycles. The average molecular weight is 288 g/mol. The fourth-order valence-corrected chi connectivity index (χ4v) is 1.88. The van der Waals surface area contributed by atoms with Gasteiger partial charge >= 0.3 is 0 Å². The van der Waals surface area contributed by atoms with Crippen LogP contribution in [-0.4, -0.2) is 42.1 Å². The number of ether oxygens (including phenoxy) is 1. The summed E-state index contributed by atoms with van der Waals surface area (Å²) < 4.78 is 5.11. The zero-order chi connectivity index (χ0) is 12.0. The van der Waals surface area contributed by atoms with Crippen molar-refractivity contribution >= 4 is 21.7 Å². The fourth-order valence-electron chi connectivity index (χ4n) is 1.45. The van der Waals surface area contributed by atoms with Crippen molar-refractivity contribution in [3.8, 4) is 0 Å². The van der Waals surface area contributed by atoms with Crippen LogP contribution in [0.15, 0.2) is 6.20 Å². The average Bonchev–Trinajstić information content (AvgIpc) is 2.28. The standard InChI is InChI=1S/C11H18BrN3O/c1-9-8-13-10(2)11(14-9)15(5-4-12)6-7-16-3/h8H,4-7H2,1-3H3. The highest BCUT2D eigenvalue weighted by Crippen LogP contribution is 2.15. The van der Waals surface area contributed by atoms with Gasteiger partial charge in [0.15, 0.2) is 0 Å². The first-order chi connectivity index (χ1) is 7.69. The molecule has 0 fully saturated rings. The van der Waals surface area contributed by atoms with E-state index in [1.807, 2.05) is 13.8 Å². The number of hydrogen-bond acceptors (Lipinski definition) is 4. The molecule has 0 spiro atoms. The first-order valence-corrected chi connectivity index (χ1v) is 6.41. The maximum absolute atomic E-state index is 5.11. The van der Waals surface area contributed by atoms with Crippen LogP contribution in [-0.2, 0) is 4.74 Å². The molecule has 1 heterocycles. The molecule has 0 atom stereocenters. The van der Waals surface area contributed by atoms with Gasteiger partial charge in [-0.15, -0.1) is 0 Å². The van der Waals surface area contributed by atoms with Crippen molar-refractivity contribution in [3.05, 3.63) is 17.6 Å². The van der Waals surface area contributed by atoms with Crippen LogP contribution in [0.25, 0.3) is 0 Å². The summed E-state index contributed by atoms with van der Waals surface area (Å²) in [5, 5.41) is 0.909. The molecule has 1 aromatic heterocycles. The molecule has 0 radical (unpaired) electrons. The molecule has 4 nitrogen and oxygen atoms in total. The third kappa shape index (κ3) is 3.72. The van der Waals surface area contributed by atoms with E-state index >= 15 is 0 Å². The number of halogens is 1. The first kappa shape index (κ1) is 13.4. The predicted molar refractivity (Wildman–Crippen MR) is 69.4 cm³/mol. The van der Waals surface area contributed by atoms with E-state index in [1.165, 1.54) is 0 Å². The van der Waals surface area contributed by atoms with E-state index in [-0.39, 0.29) is 0 Å². The minimum Gasteiger partial charge on any atom is -0.383 e. The van der Waals surface area contributed by atoms with Crippen molar-refractivity contribution in [2.75, 3.05) is 37.0 Å². The number of rotatable bonds is 6. The third-order valence-corrected chi connectivity index (χ3v) is 2.62. The third-order valence-electron chi connectivity index (χ3n) is 2.27. The molecule has 5 heteroatoms. The molecule has 0 aliphatic rings. The number of nitrogens with zero attached hydrogens (tertiary/aromatic N) is 3. The molecule has 90 valence electrons. The maximum Gasteiger partial charge on any atom is 0.150 e. The van der Waals surface area contributed by atoms with Crippen LogP contribution in [0.5, 0.6) is 0 Å². The Hall–Kier alpha value is -0.680. The molecule has 0 unspecified atom stereocenters. The topological polar surface area (TPSA) is 38.2 Å². The number of aryl methyl sites for hydroxylation is 2. The zero-order valence-corrected chi connectivity index (χ0v) is 11.6. The van der Waals surface area contributed by atoms with Gasteiger partial charge in [-0.3, -0.25) is 4.98 Å². The maximum atomic E-state index is 5.11. The van der Waals surface area contributed by atoms with Gasteiger partial charge in [0.25, 0.3) is 0 Å². The van der Waals surface area contributed by atoms with Crippen molar-refractivity contribution in [2.45, 2.75) is 13.8 Å². The summed E-state index contributed by atoms with van der Waals surface area (Å²) in [5.41, 5.74) is 1.90. The lowest BCUT2D eigenvalue weighted by molar-refractivity contribution is 0.205. The van der Waals surface area contributed by atoms with Gasteiger partial charge in [-0.1, -0.05) is 15.9 Å². The first-order valence-electron chi connectivity index (χ1n) is 5.29. The van der Waals surface area contributed by atoms with E-state index < -0.39 is 0 Å². The van der Waals surface area contributed by atoms with E-state index in [0.29, 0.717) is 6.61 Å². The van der Waals surface area contributed by atoms with Gasteiger partial charge in [-0.2, -0.15) is 0 Å². The van der Waals surface area contributed by atoms with E-state index in [0.717, 1.165) is 35.6 Å². The van der Waals surface area contributed by atoms with E-state index in [4.69, 9.17) is 4.74 Å². The van der Waals surface area contributed by atoms with Crippen molar-refractivity contribution in [3.63, 3.8) is 0 Å². The van der Waals surface area contributed by atoms with Crippen LogP contribution in [0.2, 0.25) is 0 Å². The summed E-state index contributed by atoms with van der Waals surface area (Å²) >= 11 is 3.45. The highest BCUT2D eigenvalue weighted by Gasteiger charge is 2.11. The van der Waals surface area contributed by atoms with Crippen LogP contribution in [0, 0.1) is 13.8 Å². The Kier molecular flexibility index (Phi) is 5.69. The van der Waals surface area contributed by atoms with Gasteiger partial charge < -0.3 is 9.64 Å². The van der Waals surface area contributed by atoms with Gasteiger partial charge in [-0.05, 0) is 13.8 Å². The van der Waals surface area contributed by atoms with Crippen molar-refractivity contribution in [1.29, 1.82) is 0 Å². The van der Waals surface area contributed by atoms with Gasteiger partial charge in [0.1, 0.15) is 5.82 Å². The number of aromatic nitrogens is 2.